The Bertz CT molecular complexity index is 3880. The van der Waals surface area contributed by atoms with Gasteiger partial charge < -0.3 is 9.67 Å². The van der Waals surface area contributed by atoms with E-state index in [0.29, 0.717) is 11.1 Å². The maximum absolute atomic E-state index is 14.7. The van der Waals surface area contributed by atoms with Crippen molar-refractivity contribution in [2.45, 2.75) is 71.8 Å². The van der Waals surface area contributed by atoms with Gasteiger partial charge in [-0.15, -0.1) is 0 Å². The van der Waals surface area contributed by atoms with Crippen LogP contribution in [0.1, 0.15) is 132 Å². The lowest BCUT2D eigenvalue weighted by molar-refractivity contribution is -0.469. The molecule has 8 aromatic carbocycles. The van der Waals surface area contributed by atoms with Crippen LogP contribution in [0.15, 0.2) is 278 Å². The molecule has 0 bridgehead atoms. The zero-order chi connectivity index (χ0) is 57.5. The van der Waals surface area contributed by atoms with Crippen molar-refractivity contribution in [3.8, 4) is 0 Å². The van der Waals surface area contributed by atoms with Crippen LogP contribution in [0.4, 0.5) is 0 Å². The van der Waals surface area contributed by atoms with Crippen LogP contribution in [-0.4, -0.2) is 32.3 Å². The van der Waals surface area contributed by atoms with Crippen molar-refractivity contribution in [1.29, 1.82) is 0 Å². The molecule has 9 aromatic rings. The summed E-state index contributed by atoms with van der Waals surface area (Å²) < 4.78 is 4.46. The van der Waals surface area contributed by atoms with E-state index in [2.05, 4.69) is 290 Å². The van der Waals surface area contributed by atoms with Gasteiger partial charge in [-0.2, -0.15) is 4.58 Å². The molecule has 0 radical (unpaired) electrons. The van der Waals surface area contributed by atoms with Crippen molar-refractivity contribution in [2.24, 2.45) is 0 Å². The number of hydrogen-bond donors (Lipinski definition) is 1. The Labute approximate surface area is 497 Å². The molecule has 4 heteroatoms. The summed E-state index contributed by atoms with van der Waals surface area (Å²) in [4.78, 5) is 14.7. The number of hydrogen-bond acceptors (Lipinski definition) is 2. The molecule has 0 unspecified atom stereocenters. The molecule has 84 heavy (non-hydrogen) atoms. The Morgan fingerprint density at radius 1 is 0.393 bits per heavy atom. The normalized spacial score (nSPS) is 14.0. The number of aliphatic hydroxyl groups is 1. The first kappa shape index (κ1) is 56.2. The molecule has 0 atom stereocenters. The maximum atomic E-state index is 14.7. The molecule has 0 spiro atoms. The van der Waals surface area contributed by atoms with Crippen LogP contribution in [0.2, 0.25) is 0 Å². The first-order valence-electron chi connectivity index (χ1n) is 30.1. The summed E-state index contributed by atoms with van der Waals surface area (Å²) >= 11 is 0. The molecule has 1 aliphatic heterocycles. The molecule has 1 aromatic heterocycles. The van der Waals surface area contributed by atoms with Gasteiger partial charge in [-0.05, 0) is 115 Å². The van der Waals surface area contributed by atoms with Crippen LogP contribution in [0, 0.1) is 0 Å². The summed E-state index contributed by atoms with van der Waals surface area (Å²) in [5, 5.41) is 12.2. The topological polar surface area (TPSA) is 45.2 Å². The molecular formula is C80H73N2O2+. The van der Waals surface area contributed by atoms with Crippen LogP contribution in [-0.2, 0) is 11.3 Å². The summed E-state index contributed by atoms with van der Waals surface area (Å²) in [7, 11) is 0. The lowest BCUT2D eigenvalue weighted by atomic mass is 9.84. The highest BCUT2D eigenvalue weighted by molar-refractivity contribution is 6.39. The highest BCUT2D eigenvalue weighted by Crippen LogP contribution is 2.42. The van der Waals surface area contributed by atoms with E-state index in [0.717, 1.165) is 143 Å². The van der Waals surface area contributed by atoms with Gasteiger partial charge in [0.1, 0.15) is 17.9 Å². The molecule has 0 fully saturated rings. The Hall–Kier alpha value is -9.64. The quantitative estimate of drug-likeness (QED) is 0.0300. The number of aromatic nitrogens is 1. The number of carbonyl (C=O) groups is 1. The van der Waals surface area contributed by atoms with Crippen molar-refractivity contribution in [1.82, 2.24) is 4.57 Å². The van der Waals surface area contributed by atoms with Crippen LogP contribution in [0.3, 0.4) is 0 Å². The molecule has 0 saturated carbocycles. The van der Waals surface area contributed by atoms with Crippen molar-refractivity contribution in [3.05, 3.63) is 345 Å². The largest absolute Gasteiger partial charge is 0.506 e. The van der Waals surface area contributed by atoms with Gasteiger partial charge in [-0.1, -0.05) is 283 Å². The smallest absolute Gasteiger partial charge is 0.221 e. The first-order chi connectivity index (χ1) is 41.5. The molecule has 0 amide bonds. The van der Waals surface area contributed by atoms with E-state index >= 15 is 0 Å². The average Bonchev–Trinajstić information content (AvgIpc) is 2.12. The summed E-state index contributed by atoms with van der Waals surface area (Å²) in [6.07, 6.45) is 21.4. The number of aliphatic hydroxyl groups excluding tert-OH is 1. The second-order valence-corrected chi connectivity index (χ2v) is 21.7. The molecule has 1 aliphatic carbocycles. The van der Waals surface area contributed by atoms with Crippen molar-refractivity contribution in [3.63, 3.8) is 0 Å². The lowest BCUT2D eigenvalue weighted by Crippen LogP contribution is -2.28. The number of rotatable bonds is 23. The molecule has 11 rings (SSSR count). The Kier molecular flexibility index (Phi) is 18.4. The number of carbonyl (C=O) groups excluding carboxylic acids is 1. The summed E-state index contributed by atoms with van der Waals surface area (Å²) in [5.74, 6) is -0.0517. The van der Waals surface area contributed by atoms with Crippen LogP contribution in [0.5, 0.6) is 0 Å². The highest BCUT2D eigenvalue weighted by atomic mass is 16.3. The monoisotopic (exact) mass is 1090 g/mol. The van der Waals surface area contributed by atoms with E-state index in [1.807, 2.05) is 12.1 Å². The van der Waals surface area contributed by atoms with Gasteiger partial charge in [0.2, 0.25) is 17.2 Å². The minimum Gasteiger partial charge on any atom is -0.506 e. The van der Waals surface area contributed by atoms with Crippen molar-refractivity contribution < 1.29 is 14.5 Å². The number of allylic oxidation sites excluding steroid dienone is 5. The van der Waals surface area contributed by atoms with Crippen LogP contribution < -0.4 is 0 Å². The van der Waals surface area contributed by atoms with Gasteiger partial charge in [0.15, 0.2) is 0 Å². The SMILES string of the molecule is CCCCCCn1c(/C=C/c2ccc(C(=C(c3ccccc3)c3ccccc3)c3ccccc3)cc2)ccc1C1=C(O)C(=C2C=CC(/C=C/c3ccc(C(=C(c4ccccc4)c4ccccc4)c4ccccc4)cc3)=[N+]2CCCCCC)C1=O. The lowest BCUT2D eigenvalue weighted by Gasteiger charge is -2.23. The molecule has 0 saturated heterocycles. The van der Waals surface area contributed by atoms with Crippen LogP contribution in [0.25, 0.3) is 46.1 Å². The van der Waals surface area contributed by atoms with Gasteiger partial charge in [-0.3, -0.25) is 4.79 Å². The van der Waals surface area contributed by atoms with E-state index in [1.54, 1.807) is 0 Å². The molecule has 1 N–H and O–H groups in total. The third kappa shape index (κ3) is 12.7. The summed E-state index contributed by atoms with van der Waals surface area (Å²) in [6.45, 7) is 5.93. The zero-order valence-electron chi connectivity index (χ0n) is 48.4. The minimum atomic E-state index is -0.120. The summed E-state index contributed by atoms with van der Waals surface area (Å²) in [5.41, 5.74) is 20.3. The van der Waals surface area contributed by atoms with Gasteiger partial charge in [0.05, 0.1) is 11.3 Å². The predicted molar refractivity (Wildman–Crippen MR) is 353 cm³/mol. The number of unbranched alkanes of at least 4 members (excludes halogenated alkanes) is 6. The molecule has 4 nitrogen and oxygen atoms in total. The Morgan fingerprint density at radius 3 is 1.17 bits per heavy atom. The minimum absolute atomic E-state index is 0.0679. The van der Waals surface area contributed by atoms with E-state index in [4.69, 9.17) is 0 Å². The fraction of sp³-hybridized carbons (Fsp3) is 0.150. The zero-order valence-corrected chi connectivity index (χ0v) is 48.4. The van der Waals surface area contributed by atoms with E-state index < -0.39 is 0 Å². The molecular weight excluding hydrogens is 1020 g/mol. The Morgan fingerprint density at radius 2 is 0.774 bits per heavy atom. The first-order valence-corrected chi connectivity index (χ1v) is 30.1. The van der Waals surface area contributed by atoms with E-state index in [1.165, 1.54) is 22.3 Å². The number of benzene rings is 8. The third-order valence-corrected chi connectivity index (χ3v) is 16.1. The molecule has 414 valence electrons. The van der Waals surface area contributed by atoms with Crippen molar-refractivity contribution >= 4 is 57.6 Å². The standard InChI is InChI=1S/C80H72N2O2/c1-3-5-7-27-57-81-69(51-45-59-41-47-67(48-42-59)75(65-37-23-13-24-38-65)73(61-29-15-9-16-30-61)62-31-17-10-18-32-62)53-55-71(81)77-79(83)78(80(77)84)72-56-54-70(82(72)58-28-8-6-4-2)52-46-60-43-49-68(50-44-60)76(66-39-25-14-26-40-66)74(63-33-19-11-20-34-63)64-35-21-12-22-36-64/h9-26,29-56H,3-8,27-28,57-58H2,1-2H3/p+1/b51-45+,52-46+. The van der Waals surface area contributed by atoms with Crippen LogP contribution >= 0.6 is 0 Å². The second-order valence-electron chi connectivity index (χ2n) is 21.7. The fourth-order valence-electron chi connectivity index (χ4n) is 11.8. The Balaban J connectivity index is 0.899. The third-order valence-electron chi connectivity index (χ3n) is 16.1. The number of nitrogens with zero attached hydrogens (tertiary/aromatic N) is 2. The van der Waals surface area contributed by atoms with E-state index in [-0.39, 0.29) is 11.5 Å². The number of Topliss-reactive ketones (excluding diaryl/α,β-unsaturated/α-hetero) is 1. The van der Waals surface area contributed by atoms with E-state index in [9.17, 15) is 9.90 Å². The summed E-state index contributed by atoms with van der Waals surface area (Å²) in [6, 6.07) is 85.8. The van der Waals surface area contributed by atoms with Gasteiger partial charge >= 0.3 is 0 Å². The van der Waals surface area contributed by atoms with Gasteiger partial charge in [-0.25, -0.2) is 0 Å². The average molecular weight is 1090 g/mol. The molecule has 2 aliphatic rings. The van der Waals surface area contributed by atoms with Crippen molar-refractivity contribution in [2.75, 3.05) is 6.54 Å². The highest BCUT2D eigenvalue weighted by Gasteiger charge is 2.43. The maximum Gasteiger partial charge on any atom is 0.221 e. The number of ketones is 1. The fourth-order valence-corrected chi connectivity index (χ4v) is 11.8. The van der Waals surface area contributed by atoms with Gasteiger partial charge in [0, 0.05) is 36.9 Å². The predicted octanol–water partition coefficient (Wildman–Crippen LogP) is 19.7. The molecule has 2 heterocycles. The van der Waals surface area contributed by atoms with Gasteiger partial charge in [0.25, 0.3) is 0 Å². The second kappa shape index (κ2) is 27.4.